The van der Waals surface area contributed by atoms with Gasteiger partial charge in [-0.05, 0) is 43.3 Å². The molecule has 2 aromatic carbocycles. The monoisotopic (exact) mass is 423 g/mol. The third-order valence-electron chi connectivity index (χ3n) is 5.14. The maximum Gasteiger partial charge on any atom is 0.253 e. The maximum absolute atomic E-state index is 12.9. The number of methoxy groups -OCH3 is 1. The van der Waals surface area contributed by atoms with Crippen LogP contribution in [-0.4, -0.2) is 49.1 Å². The summed E-state index contributed by atoms with van der Waals surface area (Å²) in [6.07, 6.45) is 0. The molecule has 1 aliphatic heterocycles. The minimum Gasteiger partial charge on any atom is -0.497 e. The highest BCUT2D eigenvalue weighted by molar-refractivity contribution is 7.09. The Bertz CT molecular complexity index is 995. The van der Waals surface area contributed by atoms with Gasteiger partial charge in [-0.3, -0.25) is 4.79 Å². The van der Waals surface area contributed by atoms with Gasteiger partial charge >= 0.3 is 0 Å². The lowest BCUT2D eigenvalue weighted by atomic mass is 10.1. The van der Waals surface area contributed by atoms with Crippen molar-refractivity contribution in [3.63, 3.8) is 0 Å². The first-order valence-corrected chi connectivity index (χ1v) is 10.8. The Morgan fingerprint density at radius 3 is 2.50 bits per heavy atom. The smallest absolute Gasteiger partial charge is 0.253 e. The van der Waals surface area contributed by atoms with E-state index in [9.17, 15) is 4.79 Å². The lowest BCUT2D eigenvalue weighted by Gasteiger charge is -2.36. The Morgan fingerprint density at radius 1 is 1.07 bits per heavy atom. The van der Waals surface area contributed by atoms with Crippen LogP contribution in [0.1, 0.15) is 21.1 Å². The Kier molecular flexibility index (Phi) is 6.18. The van der Waals surface area contributed by atoms with E-state index in [1.807, 2.05) is 59.7 Å². The van der Waals surface area contributed by atoms with Crippen LogP contribution in [0.4, 0.5) is 5.69 Å². The summed E-state index contributed by atoms with van der Waals surface area (Å²) >= 11 is 1.61. The number of piperazine rings is 1. The predicted molar refractivity (Wildman–Crippen MR) is 119 cm³/mol. The molecule has 0 saturated carbocycles. The Labute approximate surface area is 180 Å². The number of anilines is 1. The molecule has 6 nitrogen and oxygen atoms in total. The molecule has 0 radical (unpaired) electrons. The average Bonchev–Trinajstić information content (AvgIpc) is 3.23. The highest BCUT2D eigenvalue weighted by Crippen LogP contribution is 2.23. The average molecular weight is 424 g/mol. The summed E-state index contributed by atoms with van der Waals surface area (Å²) < 4.78 is 11.1. The summed E-state index contributed by atoms with van der Waals surface area (Å²) in [6, 6.07) is 15.4. The molecule has 7 heteroatoms. The molecule has 0 N–H and O–H groups in total. The highest BCUT2D eigenvalue weighted by Gasteiger charge is 2.22. The summed E-state index contributed by atoms with van der Waals surface area (Å²) in [5, 5.41) is 3.03. The van der Waals surface area contributed by atoms with E-state index in [0.29, 0.717) is 25.3 Å². The fourth-order valence-electron chi connectivity index (χ4n) is 3.48. The molecule has 0 unspecified atom stereocenters. The molecule has 1 aliphatic rings. The van der Waals surface area contributed by atoms with Gasteiger partial charge in [0.05, 0.1) is 17.8 Å². The SMILES string of the molecule is COc1cccc(N2CCN(C(=O)c3ccc(OCc4csc(C)n4)cc3)CC2)c1. The van der Waals surface area contributed by atoms with Gasteiger partial charge in [0.25, 0.3) is 5.91 Å². The number of amides is 1. The van der Waals surface area contributed by atoms with Gasteiger partial charge in [-0.1, -0.05) is 6.07 Å². The first-order chi connectivity index (χ1) is 14.6. The molecule has 0 atom stereocenters. The number of benzene rings is 2. The van der Waals surface area contributed by atoms with E-state index in [1.54, 1.807) is 18.4 Å². The van der Waals surface area contributed by atoms with Gasteiger partial charge in [-0.2, -0.15) is 0 Å². The van der Waals surface area contributed by atoms with E-state index in [-0.39, 0.29) is 5.91 Å². The maximum atomic E-state index is 12.9. The molecular formula is C23H25N3O3S. The van der Waals surface area contributed by atoms with Gasteiger partial charge in [-0.25, -0.2) is 4.98 Å². The number of thiazole rings is 1. The van der Waals surface area contributed by atoms with Crippen molar-refractivity contribution in [3.05, 3.63) is 70.2 Å². The van der Waals surface area contributed by atoms with Gasteiger partial charge in [0.2, 0.25) is 0 Å². The molecule has 4 rings (SSSR count). The van der Waals surface area contributed by atoms with Crippen molar-refractivity contribution >= 4 is 22.9 Å². The Balaban J connectivity index is 1.31. The zero-order valence-electron chi connectivity index (χ0n) is 17.2. The van der Waals surface area contributed by atoms with E-state index in [1.165, 1.54) is 0 Å². The quantitative estimate of drug-likeness (QED) is 0.600. The zero-order chi connectivity index (χ0) is 20.9. The number of rotatable bonds is 6. The highest BCUT2D eigenvalue weighted by atomic mass is 32.1. The molecule has 2 heterocycles. The summed E-state index contributed by atoms with van der Waals surface area (Å²) in [5.74, 6) is 1.64. The Hall–Kier alpha value is -3.06. The fraction of sp³-hybridized carbons (Fsp3) is 0.304. The van der Waals surface area contributed by atoms with Gasteiger partial charge in [0, 0.05) is 48.9 Å². The predicted octanol–water partition coefficient (Wildman–Crippen LogP) is 4.00. The van der Waals surface area contributed by atoms with Crippen LogP contribution in [0, 0.1) is 6.92 Å². The van der Waals surface area contributed by atoms with E-state index in [4.69, 9.17) is 9.47 Å². The van der Waals surface area contributed by atoms with E-state index < -0.39 is 0 Å². The number of ether oxygens (including phenoxy) is 2. The van der Waals surface area contributed by atoms with Crippen molar-refractivity contribution in [2.75, 3.05) is 38.2 Å². The van der Waals surface area contributed by atoms with Crippen molar-refractivity contribution in [1.29, 1.82) is 0 Å². The molecular weight excluding hydrogens is 398 g/mol. The normalized spacial score (nSPS) is 13.9. The molecule has 1 aromatic heterocycles. The van der Waals surface area contributed by atoms with Crippen molar-refractivity contribution in [1.82, 2.24) is 9.88 Å². The second kappa shape index (κ2) is 9.17. The van der Waals surface area contributed by atoms with Crippen LogP contribution >= 0.6 is 11.3 Å². The van der Waals surface area contributed by atoms with Crippen LogP contribution in [0.3, 0.4) is 0 Å². The van der Waals surface area contributed by atoms with Gasteiger partial charge in [0.1, 0.15) is 18.1 Å². The van der Waals surface area contributed by atoms with Crippen molar-refractivity contribution in [3.8, 4) is 11.5 Å². The minimum absolute atomic E-state index is 0.0574. The van der Waals surface area contributed by atoms with Crippen molar-refractivity contribution < 1.29 is 14.3 Å². The van der Waals surface area contributed by atoms with Crippen LogP contribution in [0.5, 0.6) is 11.5 Å². The van der Waals surface area contributed by atoms with Crippen LogP contribution in [0.25, 0.3) is 0 Å². The van der Waals surface area contributed by atoms with Crippen molar-refractivity contribution in [2.45, 2.75) is 13.5 Å². The first-order valence-electron chi connectivity index (χ1n) is 9.94. The molecule has 1 fully saturated rings. The van der Waals surface area contributed by atoms with Crippen LogP contribution in [-0.2, 0) is 6.61 Å². The van der Waals surface area contributed by atoms with Gasteiger partial charge in [-0.15, -0.1) is 11.3 Å². The second-order valence-electron chi connectivity index (χ2n) is 7.15. The number of carbonyl (C=O) groups excluding carboxylic acids is 1. The number of hydrogen-bond acceptors (Lipinski definition) is 6. The minimum atomic E-state index is 0.0574. The lowest BCUT2D eigenvalue weighted by Crippen LogP contribution is -2.48. The van der Waals surface area contributed by atoms with E-state index >= 15 is 0 Å². The summed E-state index contributed by atoms with van der Waals surface area (Å²) in [7, 11) is 1.67. The number of aryl methyl sites for hydroxylation is 1. The lowest BCUT2D eigenvalue weighted by molar-refractivity contribution is 0.0746. The standard InChI is InChI=1S/C23H25N3O3S/c1-17-24-19(16-30-17)15-29-21-8-6-18(7-9-21)23(27)26-12-10-25(11-13-26)20-4-3-5-22(14-20)28-2/h3-9,14,16H,10-13,15H2,1-2H3. The molecule has 156 valence electrons. The molecule has 3 aromatic rings. The third-order valence-corrected chi connectivity index (χ3v) is 5.96. The van der Waals surface area contributed by atoms with Crippen LogP contribution in [0.2, 0.25) is 0 Å². The molecule has 0 bridgehead atoms. The number of aromatic nitrogens is 1. The topological polar surface area (TPSA) is 54.9 Å². The first kappa shape index (κ1) is 20.2. The molecule has 1 saturated heterocycles. The molecule has 1 amide bonds. The summed E-state index contributed by atoms with van der Waals surface area (Å²) in [4.78, 5) is 21.5. The fourth-order valence-corrected chi connectivity index (χ4v) is 4.08. The summed E-state index contributed by atoms with van der Waals surface area (Å²) in [6.45, 7) is 5.39. The zero-order valence-corrected chi connectivity index (χ0v) is 18.0. The van der Waals surface area contributed by atoms with Crippen LogP contribution < -0.4 is 14.4 Å². The number of carbonyl (C=O) groups is 1. The van der Waals surface area contributed by atoms with Gasteiger partial charge in [0.15, 0.2) is 0 Å². The van der Waals surface area contributed by atoms with E-state index in [2.05, 4.69) is 16.0 Å². The van der Waals surface area contributed by atoms with Crippen LogP contribution in [0.15, 0.2) is 53.9 Å². The molecule has 0 spiro atoms. The molecule has 30 heavy (non-hydrogen) atoms. The Morgan fingerprint density at radius 2 is 1.83 bits per heavy atom. The third kappa shape index (κ3) is 4.74. The number of nitrogens with zero attached hydrogens (tertiary/aromatic N) is 3. The molecule has 0 aliphatic carbocycles. The van der Waals surface area contributed by atoms with Crippen molar-refractivity contribution in [2.24, 2.45) is 0 Å². The summed E-state index contributed by atoms with van der Waals surface area (Å²) in [5.41, 5.74) is 2.73. The second-order valence-corrected chi connectivity index (χ2v) is 8.21. The number of hydrogen-bond donors (Lipinski definition) is 0. The van der Waals surface area contributed by atoms with Gasteiger partial charge < -0.3 is 19.3 Å². The largest absolute Gasteiger partial charge is 0.497 e. The van der Waals surface area contributed by atoms with E-state index in [0.717, 1.165) is 41.0 Å².